The van der Waals surface area contributed by atoms with Gasteiger partial charge in [-0.1, -0.05) is 0 Å². The van der Waals surface area contributed by atoms with Crippen LogP contribution in [0.5, 0.6) is 0 Å². The first-order valence-corrected chi connectivity index (χ1v) is 6.19. The Balaban J connectivity index is 1.86. The minimum absolute atomic E-state index is 0.00961. The summed E-state index contributed by atoms with van der Waals surface area (Å²) in [5, 5.41) is 11.8. The number of carboxylic acids is 1. The Morgan fingerprint density at radius 1 is 1.41 bits per heavy atom. The number of amides is 1. The third-order valence-corrected chi connectivity index (χ3v) is 3.82. The van der Waals surface area contributed by atoms with Gasteiger partial charge in [-0.15, -0.1) is 0 Å². The van der Waals surface area contributed by atoms with Crippen molar-refractivity contribution in [3.05, 3.63) is 0 Å². The predicted molar refractivity (Wildman–Crippen MR) is 60.5 cm³/mol. The molecule has 1 aliphatic heterocycles. The minimum Gasteiger partial charge on any atom is -0.481 e. The zero-order valence-electron chi connectivity index (χ0n) is 10.1. The van der Waals surface area contributed by atoms with Gasteiger partial charge in [0.25, 0.3) is 5.91 Å². The molecule has 0 aromatic carbocycles. The van der Waals surface area contributed by atoms with E-state index in [4.69, 9.17) is 9.84 Å². The Morgan fingerprint density at radius 3 is 2.71 bits per heavy atom. The average Bonchev–Trinajstić information content (AvgIpc) is 2.88. The normalized spacial score (nSPS) is 37.0. The van der Waals surface area contributed by atoms with Gasteiger partial charge in [0.1, 0.15) is 5.60 Å². The lowest BCUT2D eigenvalue weighted by Crippen LogP contribution is -2.47. The molecule has 96 valence electrons. The van der Waals surface area contributed by atoms with Crippen LogP contribution in [0.3, 0.4) is 0 Å². The Kier molecular flexibility index (Phi) is 3.38. The van der Waals surface area contributed by atoms with Gasteiger partial charge in [0.15, 0.2) is 0 Å². The summed E-state index contributed by atoms with van der Waals surface area (Å²) in [7, 11) is 0. The van der Waals surface area contributed by atoms with Crippen LogP contribution in [0.2, 0.25) is 0 Å². The Morgan fingerprint density at radius 2 is 2.18 bits per heavy atom. The molecule has 1 saturated carbocycles. The van der Waals surface area contributed by atoms with Gasteiger partial charge in [0, 0.05) is 12.6 Å². The van der Waals surface area contributed by atoms with E-state index in [1.165, 1.54) is 0 Å². The summed E-state index contributed by atoms with van der Waals surface area (Å²) in [4.78, 5) is 22.8. The van der Waals surface area contributed by atoms with Crippen LogP contribution in [0.4, 0.5) is 0 Å². The predicted octanol–water partition coefficient (Wildman–Crippen LogP) is 0.925. The molecule has 0 bridgehead atoms. The molecule has 0 spiro atoms. The van der Waals surface area contributed by atoms with E-state index < -0.39 is 11.6 Å². The lowest BCUT2D eigenvalue weighted by atomic mass is 10.0. The van der Waals surface area contributed by atoms with Gasteiger partial charge < -0.3 is 15.2 Å². The number of carboxylic acid groups (broad SMARTS) is 1. The maximum atomic E-state index is 12.0. The summed E-state index contributed by atoms with van der Waals surface area (Å²) >= 11 is 0. The molecule has 3 atom stereocenters. The number of nitrogens with one attached hydrogen (secondary N) is 1. The van der Waals surface area contributed by atoms with Crippen molar-refractivity contribution in [3.63, 3.8) is 0 Å². The first-order chi connectivity index (χ1) is 8.01. The number of rotatable bonds is 3. The molecular weight excluding hydrogens is 222 g/mol. The molecule has 1 heterocycles. The number of hydrogen-bond donors (Lipinski definition) is 2. The molecule has 0 aromatic rings. The molecule has 17 heavy (non-hydrogen) atoms. The number of carbonyl (C=O) groups excluding carboxylic acids is 1. The molecular formula is C12H19NO4. The summed E-state index contributed by atoms with van der Waals surface area (Å²) < 4.78 is 5.46. The third-order valence-electron chi connectivity index (χ3n) is 3.82. The smallest absolute Gasteiger partial charge is 0.306 e. The highest BCUT2D eigenvalue weighted by molar-refractivity contribution is 5.85. The van der Waals surface area contributed by atoms with E-state index in [1.807, 2.05) is 0 Å². The molecule has 2 rings (SSSR count). The van der Waals surface area contributed by atoms with Crippen LogP contribution in [-0.2, 0) is 14.3 Å². The fourth-order valence-electron chi connectivity index (χ4n) is 2.63. The lowest BCUT2D eigenvalue weighted by Gasteiger charge is -2.24. The Bertz CT molecular complexity index is 322. The van der Waals surface area contributed by atoms with E-state index in [9.17, 15) is 9.59 Å². The third kappa shape index (κ3) is 2.60. The van der Waals surface area contributed by atoms with Gasteiger partial charge in [0.05, 0.1) is 5.92 Å². The van der Waals surface area contributed by atoms with Crippen molar-refractivity contribution in [1.29, 1.82) is 0 Å². The fraction of sp³-hybridized carbons (Fsp3) is 0.833. The second-order valence-corrected chi connectivity index (χ2v) is 5.20. The van der Waals surface area contributed by atoms with Crippen molar-refractivity contribution in [2.45, 2.75) is 50.7 Å². The number of hydrogen-bond acceptors (Lipinski definition) is 3. The monoisotopic (exact) mass is 241 g/mol. The van der Waals surface area contributed by atoms with E-state index in [0.717, 1.165) is 19.3 Å². The first kappa shape index (κ1) is 12.4. The topological polar surface area (TPSA) is 75.6 Å². The highest BCUT2D eigenvalue weighted by atomic mass is 16.5. The van der Waals surface area contributed by atoms with Gasteiger partial charge in [-0.05, 0) is 39.0 Å². The van der Waals surface area contributed by atoms with E-state index in [1.54, 1.807) is 6.92 Å². The largest absolute Gasteiger partial charge is 0.481 e. The van der Waals surface area contributed by atoms with Crippen molar-refractivity contribution >= 4 is 11.9 Å². The Hall–Kier alpha value is -1.10. The van der Waals surface area contributed by atoms with E-state index in [2.05, 4.69) is 5.32 Å². The summed E-state index contributed by atoms with van der Waals surface area (Å²) in [6, 6.07) is -0.00961. The quantitative estimate of drug-likeness (QED) is 0.770. The molecule has 0 radical (unpaired) electrons. The van der Waals surface area contributed by atoms with Gasteiger partial charge in [-0.25, -0.2) is 0 Å². The standard InChI is InChI=1S/C12H19NO4/c1-12(5-2-6-17-12)11(16)13-9-4-3-8(7-9)10(14)15/h8-9H,2-7H2,1H3,(H,13,16)(H,14,15)/t8-,9+,12?/m1/s1. The highest BCUT2D eigenvalue weighted by Crippen LogP contribution is 2.29. The van der Waals surface area contributed by atoms with Crippen LogP contribution >= 0.6 is 0 Å². The molecule has 2 fully saturated rings. The van der Waals surface area contributed by atoms with Crippen LogP contribution < -0.4 is 5.32 Å². The number of ether oxygens (including phenoxy) is 1. The van der Waals surface area contributed by atoms with Crippen molar-refractivity contribution in [2.24, 2.45) is 5.92 Å². The van der Waals surface area contributed by atoms with Crippen LogP contribution in [0.25, 0.3) is 0 Å². The Labute approximate surface area is 101 Å². The fourth-order valence-corrected chi connectivity index (χ4v) is 2.63. The van der Waals surface area contributed by atoms with Crippen LogP contribution in [0.15, 0.2) is 0 Å². The summed E-state index contributed by atoms with van der Waals surface area (Å²) in [5.41, 5.74) is -0.707. The molecule has 1 aliphatic carbocycles. The maximum Gasteiger partial charge on any atom is 0.306 e. The van der Waals surface area contributed by atoms with Crippen molar-refractivity contribution < 1.29 is 19.4 Å². The van der Waals surface area contributed by atoms with E-state index in [-0.39, 0.29) is 17.9 Å². The second-order valence-electron chi connectivity index (χ2n) is 5.20. The van der Waals surface area contributed by atoms with Crippen LogP contribution in [0, 0.1) is 5.92 Å². The molecule has 1 unspecified atom stereocenters. The molecule has 1 amide bonds. The van der Waals surface area contributed by atoms with Gasteiger partial charge >= 0.3 is 5.97 Å². The van der Waals surface area contributed by atoms with Crippen molar-refractivity contribution in [3.8, 4) is 0 Å². The van der Waals surface area contributed by atoms with E-state index in [0.29, 0.717) is 19.4 Å². The molecule has 1 saturated heterocycles. The van der Waals surface area contributed by atoms with Crippen LogP contribution in [-0.4, -0.2) is 35.2 Å². The first-order valence-electron chi connectivity index (χ1n) is 6.19. The maximum absolute atomic E-state index is 12.0. The lowest BCUT2D eigenvalue weighted by molar-refractivity contribution is -0.142. The highest BCUT2D eigenvalue weighted by Gasteiger charge is 2.40. The molecule has 5 heteroatoms. The number of carbonyl (C=O) groups is 2. The zero-order chi connectivity index (χ0) is 12.5. The average molecular weight is 241 g/mol. The molecule has 2 N–H and O–H groups in total. The molecule has 2 aliphatic rings. The van der Waals surface area contributed by atoms with Gasteiger partial charge in [-0.3, -0.25) is 9.59 Å². The summed E-state index contributed by atoms with van der Waals surface area (Å²) in [5.74, 6) is -1.16. The summed E-state index contributed by atoms with van der Waals surface area (Å²) in [6.45, 7) is 2.44. The summed E-state index contributed by atoms with van der Waals surface area (Å²) in [6.07, 6.45) is 3.59. The van der Waals surface area contributed by atoms with Crippen molar-refractivity contribution in [1.82, 2.24) is 5.32 Å². The van der Waals surface area contributed by atoms with Crippen LogP contribution in [0.1, 0.15) is 39.0 Å². The van der Waals surface area contributed by atoms with Gasteiger partial charge in [-0.2, -0.15) is 0 Å². The second kappa shape index (κ2) is 4.64. The molecule has 5 nitrogen and oxygen atoms in total. The molecule has 0 aromatic heterocycles. The van der Waals surface area contributed by atoms with Crippen molar-refractivity contribution in [2.75, 3.05) is 6.61 Å². The van der Waals surface area contributed by atoms with Gasteiger partial charge in [0.2, 0.25) is 0 Å². The number of aliphatic carboxylic acids is 1. The SMILES string of the molecule is CC1(C(=O)N[C@H]2CC[C@@H](C(=O)O)C2)CCCO1. The minimum atomic E-state index is -0.759. The van der Waals surface area contributed by atoms with E-state index >= 15 is 0 Å². The zero-order valence-corrected chi connectivity index (χ0v) is 10.1.